The van der Waals surface area contributed by atoms with E-state index < -0.39 is 0 Å². The molecule has 2 rings (SSSR count). The van der Waals surface area contributed by atoms with E-state index in [1.165, 1.54) is 0 Å². The lowest BCUT2D eigenvalue weighted by Gasteiger charge is -2.31. The zero-order valence-corrected chi connectivity index (χ0v) is 9.94. The number of piperidine rings is 1. The van der Waals surface area contributed by atoms with Crippen molar-refractivity contribution < 1.29 is 9.53 Å². The van der Waals surface area contributed by atoms with Crippen LogP contribution in [0.2, 0.25) is 0 Å². The predicted molar refractivity (Wildman–Crippen MR) is 60.4 cm³/mol. The van der Waals surface area contributed by atoms with Crippen LogP contribution in [-0.4, -0.2) is 42.8 Å². The number of carbonyl (C=O) groups excluding carboxylic acids is 1. The van der Waals surface area contributed by atoms with Crippen LogP contribution in [0.3, 0.4) is 0 Å². The number of amides is 1. The molecule has 0 bridgehead atoms. The van der Waals surface area contributed by atoms with Gasteiger partial charge in [0.15, 0.2) is 0 Å². The lowest BCUT2D eigenvalue weighted by Crippen LogP contribution is -2.44. The third kappa shape index (κ3) is 2.55. The van der Waals surface area contributed by atoms with Gasteiger partial charge in [0.25, 0.3) is 0 Å². The van der Waals surface area contributed by atoms with Gasteiger partial charge in [-0.2, -0.15) is 0 Å². The summed E-state index contributed by atoms with van der Waals surface area (Å²) in [4.78, 5) is 13.4. The molecule has 5 heteroatoms. The third-order valence-corrected chi connectivity index (χ3v) is 3.05. The van der Waals surface area contributed by atoms with E-state index in [-0.39, 0.29) is 24.1 Å². The Morgan fingerprint density at radius 3 is 2.73 bits per heavy atom. The summed E-state index contributed by atoms with van der Waals surface area (Å²) in [5.41, 5.74) is -0.169. The fraction of sp³-hybridized carbons (Fsp3) is 0.900. The topological polar surface area (TPSA) is 41.6 Å². The molecule has 0 aromatic rings. The Hall–Kier alpha value is -0.480. The molecule has 0 radical (unpaired) electrons. The summed E-state index contributed by atoms with van der Waals surface area (Å²) >= 11 is 0. The molecule has 0 aromatic carbocycles. The van der Waals surface area contributed by atoms with Crippen molar-refractivity contribution in [3.63, 3.8) is 0 Å². The Labute approximate surface area is 96.7 Å². The molecule has 0 atom stereocenters. The minimum Gasteiger partial charge on any atom is -0.441 e. The molecule has 1 spiro atoms. The number of nitrogens with zero attached hydrogens (tertiary/aromatic N) is 1. The van der Waals surface area contributed by atoms with Crippen molar-refractivity contribution in [2.24, 2.45) is 0 Å². The number of rotatable bonds is 2. The van der Waals surface area contributed by atoms with Crippen molar-refractivity contribution in [1.29, 1.82) is 0 Å². The first-order chi connectivity index (χ1) is 6.76. The van der Waals surface area contributed by atoms with Crippen molar-refractivity contribution in [3.8, 4) is 0 Å². The van der Waals surface area contributed by atoms with E-state index in [9.17, 15) is 4.79 Å². The lowest BCUT2D eigenvalue weighted by atomic mass is 9.92. The van der Waals surface area contributed by atoms with Gasteiger partial charge in [-0.25, -0.2) is 4.79 Å². The van der Waals surface area contributed by atoms with Crippen LogP contribution in [-0.2, 0) is 4.74 Å². The van der Waals surface area contributed by atoms with Gasteiger partial charge < -0.3 is 15.0 Å². The van der Waals surface area contributed by atoms with Crippen LogP contribution in [0.15, 0.2) is 0 Å². The molecule has 2 aliphatic rings. The van der Waals surface area contributed by atoms with Gasteiger partial charge in [0.05, 0.1) is 6.54 Å². The second-order valence-corrected chi connectivity index (χ2v) is 4.22. The molecule has 88 valence electrons. The molecule has 2 fully saturated rings. The van der Waals surface area contributed by atoms with Crippen molar-refractivity contribution in [2.75, 3.05) is 26.2 Å². The highest BCUT2D eigenvalue weighted by Crippen LogP contribution is 2.30. The molecule has 0 aromatic heterocycles. The minimum absolute atomic E-state index is 0. The number of hydrogen-bond acceptors (Lipinski definition) is 3. The van der Waals surface area contributed by atoms with Gasteiger partial charge in [-0.15, -0.1) is 12.4 Å². The molecule has 4 nitrogen and oxygen atoms in total. The maximum atomic E-state index is 11.5. The van der Waals surface area contributed by atoms with Crippen LogP contribution in [0.4, 0.5) is 4.79 Å². The number of halogens is 1. The smallest absolute Gasteiger partial charge is 0.410 e. The summed E-state index contributed by atoms with van der Waals surface area (Å²) in [6.07, 6.45) is 2.80. The molecule has 2 aliphatic heterocycles. The van der Waals surface area contributed by atoms with Crippen LogP contribution in [0.1, 0.15) is 26.2 Å². The second kappa shape index (κ2) is 5.03. The Kier molecular flexibility index (Phi) is 4.22. The fourth-order valence-corrected chi connectivity index (χ4v) is 2.28. The highest BCUT2D eigenvalue weighted by molar-refractivity contribution is 5.85. The SMILES string of the molecule is CCCN1CC2(CCNCC2)OC1=O.Cl. The molecule has 2 heterocycles. The molecule has 1 N–H and O–H groups in total. The van der Waals surface area contributed by atoms with Gasteiger partial charge in [-0.1, -0.05) is 6.92 Å². The molecule has 0 aliphatic carbocycles. The average molecular weight is 235 g/mol. The van der Waals surface area contributed by atoms with E-state index in [4.69, 9.17) is 4.74 Å². The zero-order valence-electron chi connectivity index (χ0n) is 9.12. The quantitative estimate of drug-likeness (QED) is 0.785. The highest BCUT2D eigenvalue weighted by atomic mass is 35.5. The van der Waals surface area contributed by atoms with E-state index in [2.05, 4.69) is 12.2 Å². The maximum absolute atomic E-state index is 11.5. The molecular weight excluding hydrogens is 216 g/mol. The van der Waals surface area contributed by atoms with Gasteiger partial charge in [0.1, 0.15) is 5.60 Å². The first kappa shape index (κ1) is 12.6. The van der Waals surface area contributed by atoms with Crippen molar-refractivity contribution in [2.45, 2.75) is 31.8 Å². The maximum Gasteiger partial charge on any atom is 0.410 e. The van der Waals surface area contributed by atoms with Gasteiger partial charge in [-0.3, -0.25) is 0 Å². The Balaban J connectivity index is 0.00000112. The summed E-state index contributed by atoms with van der Waals surface area (Å²) in [6, 6.07) is 0. The molecule has 0 unspecified atom stereocenters. The highest BCUT2D eigenvalue weighted by Gasteiger charge is 2.45. The Bertz CT molecular complexity index is 229. The normalized spacial score (nSPS) is 23.8. The summed E-state index contributed by atoms with van der Waals surface area (Å²) in [7, 11) is 0. The number of carbonyl (C=O) groups is 1. The summed E-state index contributed by atoms with van der Waals surface area (Å²) in [6.45, 7) is 5.64. The van der Waals surface area contributed by atoms with Gasteiger partial charge in [-0.05, 0) is 19.5 Å². The second-order valence-electron chi connectivity index (χ2n) is 4.22. The van der Waals surface area contributed by atoms with E-state index in [0.717, 1.165) is 45.4 Å². The van der Waals surface area contributed by atoms with E-state index in [1.807, 2.05) is 4.90 Å². The van der Waals surface area contributed by atoms with Crippen molar-refractivity contribution >= 4 is 18.5 Å². The predicted octanol–water partition coefficient (Wildman–Crippen LogP) is 1.39. The molecule has 2 saturated heterocycles. The third-order valence-electron chi connectivity index (χ3n) is 3.05. The van der Waals surface area contributed by atoms with Crippen LogP contribution in [0.5, 0.6) is 0 Å². The molecule has 1 amide bonds. The number of ether oxygens (including phenoxy) is 1. The van der Waals surface area contributed by atoms with E-state index >= 15 is 0 Å². The average Bonchev–Trinajstić information content (AvgIpc) is 2.45. The van der Waals surface area contributed by atoms with Crippen LogP contribution < -0.4 is 5.32 Å². The van der Waals surface area contributed by atoms with Crippen molar-refractivity contribution in [1.82, 2.24) is 10.2 Å². The zero-order chi connectivity index (χ0) is 10.0. The van der Waals surface area contributed by atoms with E-state index in [0.29, 0.717) is 0 Å². The largest absolute Gasteiger partial charge is 0.441 e. The summed E-state index contributed by atoms with van der Waals surface area (Å²) < 4.78 is 5.50. The standard InChI is InChI=1S/C10H18N2O2.ClH/c1-2-7-12-8-10(14-9(12)13)3-5-11-6-4-10;/h11H,2-8H2,1H3;1H. The summed E-state index contributed by atoms with van der Waals surface area (Å²) in [5, 5.41) is 3.29. The first-order valence-electron chi connectivity index (χ1n) is 5.44. The summed E-state index contributed by atoms with van der Waals surface area (Å²) in [5.74, 6) is 0. The van der Waals surface area contributed by atoms with Crippen LogP contribution in [0, 0.1) is 0 Å². The minimum atomic E-state index is -0.169. The van der Waals surface area contributed by atoms with Crippen LogP contribution >= 0.6 is 12.4 Å². The number of hydrogen-bond donors (Lipinski definition) is 1. The molecular formula is C10H19ClN2O2. The van der Waals surface area contributed by atoms with Gasteiger partial charge in [0.2, 0.25) is 0 Å². The lowest BCUT2D eigenvalue weighted by molar-refractivity contribution is 0.0316. The Morgan fingerprint density at radius 1 is 1.47 bits per heavy atom. The Morgan fingerprint density at radius 2 is 2.13 bits per heavy atom. The van der Waals surface area contributed by atoms with Crippen molar-refractivity contribution in [3.05, 3.63) is 0 Å². The molecule has 15 heavy (non-hydrogen) atoms. The number of nitrogens with one attached hydrogen (secondary N) is 1. The molecule has 0 saturated carbocycles. The van der Waals surface area contributed by atoms with Crippen LogP contribution in [0.25, 0.3) is 0 Å². The monoisotopic (exact) mass is 234 g/mol. The fourth-order valence-electron chi connectivity index (χ4n) is 2.28. The van der Waals surface area contributed by atoms with Gasteiger partial charge in [0, 0.05) is 19.4 Å². The van der Waals surface area contributed by atoms with Gasteiger partial charge >= 0.3 is 6.09 Å². The first-order valence-corrected chi connectivity index (χ1v) is 5.44. The van der Waals surface area contributed by atoms with E-state index in [1.54, 1.807) is 0 Å².